The number of aromatic amines is 1. The van der Waals surface area contributed by atoms with Crippen molar-refractivity contribution in [3.63, 3.8) is 0 Å². The summed E-state index contributed by atoms with van der Waals surface area (Å²) in [6, 6.07) is 1.67. The highest BCUT2D eigenvalue weighted by atomic mass is 79.9. The highest BCUT2D eigenvalue weighted by Gasteiger charge is 2.20. The molecule has 5 nitrogen and oxygen atoms in total. The van der Waals surface area contributed by atoms with E-state index in [1.165, 1.54) is 7.11 Å². The molecule has 0 aliphatic heterocycles. The summed E-state index contributed by atoms with van der Waals surface area (Å²) in [6.07, 6.45) is 0. The van der Waals surface area contributed by atoms with Crippen molar-refractivity contribution >= 4 is 21.9 Å². The van der Waals surface area contributed by atoms with Gasteiger partial charge in [0, 0.05) is 5.69 Å². The summed E-state index contributed by atoms with van der Waals surface area (Å²) in [5.74, 6) is -0.715. The monoisotopic (exact) mass is 270 g/mol. The van der Waals surface area contributed by atoms with Gasteiger partial charge in [0.15, 0.2) is 0 Å². The number of aromatic nitrogens is 1. The third-order valence-corrected chi connectivity index (χ3v) is 2.82. The fraction of sp³-hybridized carbons (Fsp3) is 0.222. The lowest BCUT2D eigenvalue weighted by Gasteiger charge is -2.06. The normalized spacial score (nSPS) is 9.47. The molecule has 1 N–H and O–H groups in total. The zero-order chi connectivity index (χ0) is 11.6. The minimum absolute atomic E-state index is 0.0405. The Morgan fingerprint density at radius 2 is 2.20 bits per heavy atom. The first-order chi connectivity index (χ1) is 7.02. The number of methoxy groups -OCH3 is 1. The largest absolute Gasteiger partial charge is 0.465 e. The molecule has 0 unspecified atom stereocenters. The number of rotatable bonds is 1. The number of nitriles is 1. The van der Waals surface area contributed by atoms with Crippen LogP contribution in [0.4, 0.5) is 0 Å². The number of carbonyl (C=O) groups is 1. The Balaban J connectivity index is 3.68. The number of aryl methyl sites for hydroxylation is 1. The molecule has 0 aliphatic rings. The Bertz CT molecular complexity index is 513. The van der Waals surface area contributed by atoms with Gasteiger partial charge in [-0.25, -0.2) is 4.79 Å². The van der Waals surface area contributed by atoms with Crippen LogP contribution in [0.1, 0.15) is 21.6 Å². The van der Waals surface area contributed by atoms with Crippen molar-refractivity contribution in [2.75, 3.05) is 7.11 Å². The van der Waals surface area contributed by atoms with Gasteiger partial charge in [0.2, 0.25) is 0 Å². The van der Waals surface area contributed by atoms with Crippen LogP contribution < -0.4 is 5.56 Å². The van der Waals surface area contributed by atoms with Crippen LogP contribution in [-0.4, -0.2) is 18.1 Å². The van der Waals surface area contributed by atoms with Crippen LogP contribution in [-0.2, 0) is 4.74 Å². The molecule has 1 rings (SSSR count). The zero-order valence-corrected chi connectivity index (χ0v) is 9.64. The lowest BCUT2D eigenvalue weighted by molar-refractivity contribution is 0.0599. The van der Waals surface area contributed by atoms with Crippen LogP contribution in [0.25, 0.3) is 0 Å². The van der Waals surface area contributed by atoms with Gasteiger partial charge in [-0.2, -0.15) is 5.26 Å². The Labute approximate surface area is 93.8 Å². The molecule has 0 saturated heterocycles. The van der Waals surface area contributed by atoms with Gasteiger partial charge < -0.3 is 9.72 Å². The SMILES string of the molecule is COC(=O)c1c(Br)c(C)[nH]c(=O)c1C#N. The van der Waals surface area contributed by atoms with Crippen LogP contribution in [0, 0.1) is 18.3 Å². The number of nitrogens with zero attached hydrogens (tertiary/aromatic N) is 1. The fourth-order valence-electron chi connectivity index (χ4n) is 1.10. The van der Waals surface area contributed by atoms with E-state index in [4.69, 9.17) is 5.26 Å². The molecule has 0 aromatic carbocycles. The van der Waals surface area contributed by atoms with Gasteiger partial charge >= 0.3 is 5.97 Å². The van der Waals surface area contributed by atoms with E-state index < -0.39 is 11.5 Å². The second-order valence-electron chi connectivity index (χ2n) is 2.75. The van der Waals surface area contributed by atoms with Gasteiger partial charge in [-0.05, 0) is 22.9 Å². The number of carbonyl (C=O) groups excluding carboxylic acids is 1. The minimum Gasteiger partial charge on any atom is -0.465 e. The van der Waals surface area contributed by atoms with Crippen LogP contribution in [0.3, 0.4) is 0 Å². The molecule has 6 heteroatoms. The van der Waals surface area contributed by atoms with Crippen LogP contribution in [0.5, 0.6) is 0 Å². The van der Waals surface area contributed by atoms with Gasteiger partial charge in [-0.15, -0.1) is 0 Å². The van der Waals surface area contributed by atoms with Crippen LogP contribution in [0.2, 0.25) is 0 Å². The molecule has 1 aromatic heterocycles. The van der Waals surface area contributed by atoms with E-state index in [-0.39, 0.29) is 11.1 Å². The van der Waals surface area contributed by atoms with Crippen LogP contribution >= 0.6 is 15.9 Å². The third kappa shape index (κ3) is 1.92. The lowest BCUT2D eigenvalue weighted by Crippen LogP contribution is -2.19. The topological polar surface area (TPSA) is 83.0 Å². The van der Waals surface area contributed by atoms with Gasteiger partial charge in [-0.3, -0.25) is 4.79 Å². The number of H-pyrrole nitrogens is 1. The Morgan fingerprint density at radius 3 is 2.67 bits per heavy atom. The van der Waals surface area contributed by atoms with Crippen molar-refractivity contribution in [3.8, 4) is 6.07 Å². The number of hydrogen-bond acceptors (Lipinski definition) is 4. The molecular weight excluding hydrogens is 264 g/mol. The maximum absolute atomic E-state index is 11.4. The molecule has 0 aliphatic carbocycles. The summed E-state index contributed by atoms with van der Waals surface area (Å²) in [5, 5.41) is 8.76. The summed E-state index contributed by atoms with van der Waals surface area (Å²) in [7, 11) is 1.19. The van der Waals surface area contributed by atoms with E-state index in [0.717, 1.165) is 0 Å². The molecular formula is C9H7BrN2O3. The Morgan fingerprint density at radius 1 is 1.60 bits per heavy atom. The molecule has 0 saturated carbocycles. The number of halogens is 1. The van der Waals surface area contributed by atoms with E-state index in [2.05, 4.69) is 25.7 Å². The molecule has 0 amide bonds. The maximum Gasteiger partial charge on any atom is 0.340 e. The summed E-state index contributed by atoms with van der Waals surface area (Å²) >= 11 is 3.13. The summed E-state index contributed by atoms with van der Waals surface area (Å²) in [5.41, 5.74) is -0.418. The average molecular weight is 271 g/mol. The van der Waals surface area contributed by atoms with Gasteiger partial charge in [0.1, 0.15) is 11.6 Å². The first kappa shape index (κ1) is 11.5. The number of esters is 1. The van der Waals surface area contributed by atoms with Crippen LogP contribution in [0.15, 0.2) is 9.27 Å². The zero-order valence-electron chi connectivity index (χ0n) is 8.05. The van der Waals surface area contributed by atoms with Gasteiger partial charge in [0.25, 0.3) is 5.56 Å². The minimum atomic E-state index is -0.715. The lowest BCUT2D eigenvalue weighted by atomic mass is 10.1. The van der Waals surface area contributed by atoms with Gasteiger partial charge in [0.05, 0.1) is 17.1 Å². The van der Waals surface area contributed by atoms with E-state index in [1.54, 1.807) is 13.0 Å². The number of hydrogen-bond donors (Lipinski definition) is 1. The molecule has 15 heavy (non-hydrogen) atoms. The first-order valence-electron chi connectivity index (χ1n) is 3.93. The highest BCUT2D eigenvalue weighted by molar-refractivity contribution is 9.10. The van der Waals surface area contributed by atoms with Crippen molar-refractivity contribution in [1.82, 2.24) is 4.98 Å². The predicted molar refractivity (Wildman–Crippen MR) is 55.6 cm³/mol. The number of ether oxygens (including phenoxy) is 1. The molecule has 78 valence electrons. The summed E-state index contributed by atoms with van der Waals surface area (Å²) in [6.45, 7) is 1.61. The smallest absolute Gasteiger partial charge is 0.340 e. The maximum atomic E-state index is 11.4. The predicted octanol–water partition coefficient (Wildman–Crippen LogP) is 1.10. The Hall–Kier alpha value is -1.61. The molecule has 0 radical (unpaired) electrons. The van der Waals surface area contributed by atoms with E-state index >= 15 is 0 Å². The van der Waals surface area contributed by atoms with Gasteiger partial charge in [-0.1, -0.05) is 0 Å². The average Bonchev–Trinajstić information content (AvgIpc) is 2.21. The molecule has 0 spiro atoms. The van der Waals surface area contributed by atoms with Crippen molar-refractivity contribution in [2.45, 2.75) is 6.92 Å². The van der Waals surface area contributed by atoms with Crippen molar-refractivity contribution in [1.29, 1.82) is 5.26 Å². The van der Waals surface area contributed by atoms with Crippen molar-refractivity contribution < 1.29 is 9.53 Å². The second kappa shape index (κ2) is 4.28. The van der Waals surface area contributed by atoms with E-state index in [1.807, 2.05) is 0 Å². The molecule has 0 bridgehead atoms. The Kier molecular flexibility index (Phi) is 3.27. The number of pyridine rings is 1. The number of nitrogens with one attached hydrogen (secondary N) is 1. The summed E-state index contributed by atoms with van der Waals surface area (Å²) < 4.78 is 4.86. The standard InChI is InChI=1S/C9H7BrN2O3/c1-4-7(10)6(9(14)15-2)5(3-11)8(13)12-4/h1-2H3,(H,12,13). The van der Waals surface area contributed by atoms with Crippen molar-refractivity contribution in [2.24, 2.45) is 0 Å². The highest BCUT2D eigenvalue weighted by Crippen LogP contribution is 2.21. The molecule has 0 fully saturated rings. The molecule has 1 aromatic rings. The fourth-order valence-corrected chi connectivity index (χ4v) is 1.56. The van der Waals surface area contributed by atoms with E-state index in [0.29, 0.717) is 10.2 Å². The summed E-state index contributed by atoms with van der Waals surface area (Å²) in [4.78, 5) is 25.2. The second-order valence-corrected chi connectivity index (χ2v) is 3.54. The van der Waals surface area contributed by atoms with Crippen molar-refractivity contribution in [3.05, 3.63) is 31.6 Å². The molecule has 0 atom stereocenters. The first-order valence-corrected chi connectivity index (χ1v) is 4.73. The molecule has 1 heterocycles. The quantitative estimate of drug-likeness (QED) is 0.775. The van der Waals surface area contributed by atoms with E-state index in [9.17, 15) is 9.59 Å². The third-order valence-electron chi connectivity index (χ3n) is 1.83.